The van der Waals surface area contributed by atoms with Gasteiger partial charge in [-0.1, -0.05) is 6.58 Å². The summed E-state index contributed by atoms with van der Waals surface area (Å²) < 4.78 is 21.9. The highest BCUT2D eigenvalue weighted by atomic mass is 32.2. The van der Waals surface area contributed by atoms with E-state index in [1.807, 2.05) is 0 Å². The van der Waals surface area contributed by atoms with E-state index in [1.165, 1.54) is 6.26 Å². The molecule has 0 amide bonds. The molecule has 0 bridgehead atoms. The van der Waals surface area contributed by atoms with Gasteiger partial charge < -0.3 is 0 Å². The Balaban J connectivity index is 2.82. The van der Waals surface area contributed by atoms with Crippen molar-refractivity contribution >= 4 is 15.4 Å². The highest BCUT2D eigenvalue weighted by Crippen LogP contribution is 2.12. The average Bonchev–Trinajstić information content (AvgIpc) is 2.03. The number of pyridine rings is 1. The predicted molar refractivity (Wildman–Crippen MR) is 53.0 cm³/mol. The largest absolute Gasteiger partial charge is 0.265 e. The molecule has 0 saturated heterocycles. The van der Waals surface area contributed by atoms with Crippen molar-refractivity contribution in [2.24, 2.45) is 0 Å². The number of aromatic nitrogens is 1. The first-order valence-corrected chi connectivity index (χ1v) is 5.81. The van der Waals surface area contributed by atoms with Crippen LogP contribution in [0.2, 0.25) is 0 Å². The maximum absolute atomic E-state index is 10.9. The Labute approximate surface area is 78.0 Å². The van der Waals surface area contributed by atoms with E-state index in [9.17, 15) is 8.42 Å². The van der Waals surface area contributed by atoms with E-state index in [2.05, 4.69) is 11.6 Å². The molecule has 0 spiro atoms. The van der Waals surface area contributed by atoms with Crippen LogP contribution in [0.3, 0.4) is 0 Å². The minimum Gasteiger partial charge on any atom is -0.265 e. The number of rotatable bonds is 3. The molecule has 0 fully saturated rings. The first kappa shape index (κ1) is 9.92. The number of nitrogens with zero attached hydrogens (tertiary/aromatic N) is 1. The molecule has 0 aromatic carbocycles. The molecule has 0 aliphatic carbocycles. The monoisotopic (exact) mass is 197 g/mol. The summed E-state index contributed by atoms with van der Waals surface area (Å²) in [5.41, 5.74) is 1.42. The van der Waals surface area contributed by atoms with Gasteiger partial charge in [0.1, 0.15) is 0 Å². The van der Waals surface area contributed by atoms with Crippen LogP contribution in [0.5, 0.6) is 0 Å². The summed E-state index contributed by atoms with van der Waals surface area (Å²) in [5, 5.41) is 0. The van der Waals surface area contributed by atoms with Gasteiger partial charge in [0.2, 0.25) is 0 Å². The molecule has 0 unspecified atom stereocenters. The predicted octanol–water partition coefficient (Wildman–Crippen LogP) is 1.14. The first-order valence-electron chi connectivity index (χ1n) is 3.75. The van der Waals surface area contributed by atoms with Crippen molar-refractivity contribution in [3.05, 3.63) is 36.7 Å². The van der Waals surface area contributed by atoms with Gasteiger partial charge in [0.25, 0.3) is 0 Å². The lowest BCUT2D eigenvalue weighted by molar-refractivity contribution is 0.605. The quantitative estimate of drug-likeness (QED) is 0.730. The number of sulfone groups is 1. The molecule has 0 atom stereocenters. The van der Waals surface area contributed by atoms with Crippen molar-refractivity contribution in [3.8, 4) is 0 Å². The third kappa shape index (κ3) is 3.38. The topological polar surface area (TPSA) is 47.0 Å². The molecule has 13 heavy (non-hydrogen) atoms. The maximum Gasteiger partial charge on any atom is 0.151 e. The zero-order chi connectivity index (χ0) is 9.90. The van der Waals surface area contributed by atoms with Crippen molar-refractivity contribution in [3.63, 3.8) is 0 Å². The molecule has 4 heteroatoms. The van der Waals surface area contributed by atoms with Crippen LogP contribution in [0.15, 0.2) is 31.1 Å². The van der Waals surface area contributed by atoms with Crippen LogP contribution in [0.25, 0.3) is 5.57 Å². The lowest BCUT2D eigenvalue weighted by Crippen LogP contribution is -2.04. The maximum atomic E-state index is 10.9. The van der Waals surface area contributed by atoms with E-state index >= 15 is 0 Å². The van der Waals surface area contributed by atoms with Gasteiger partial charge >= 0.3 is 0 Å². The van der Waals surface area contributed by atoms with Gasteiger partial charge in [-0.3, -0.25) is 4.98 Å². The summed E-state index contributed by atoms with van der Waals surface area (Å²) in [6.07, 6.45) is 4.42. The van der Waals surface area contributed by atoms with Crippen molar-refractivity contribution in [2.75, 3.05) is 12.0 Å². The van der Waals surface area contributed by atoms with Gasteiger partial charge in [-0.2, -0.15) is 0 Å². The van der Waals surface area contributed by atoms with Gasteiger partial charge in [0.15, 0.2) is 9.84 Å². The number of hydrogen-bond donors (Lipinski definition) is 0. The summed E-state index contributed by atoms with van der Waals surface area (Å²) in [4.78, 5) is 3.83. The summed E-state index contributed by atoms with van der Waals surface area (Å²) in [6.45, 7) is 3.70. The molecule has 1 aromatic rings. The standard InChI is InChI=1S/C9H11NO2S/c1-8(7-13(2,11)12)9-3-5-10-6-4-9/h3-6H,1,7H2,2H3. The normalized spacial score (nSPS) is 11.2. The molecule has 0 aliphatic rings. The summed E-state index contributed by atoms with van der Waals surface area (Å²) in [6, 6.07) is 3.49. The highest BCUT2D eigenvalue weighted by Gasteiger charge is 2.06. The lowest BCUT2D eigenvalue weighted by atomic mass is 10.1. The smallest absolute Gasteiger partial charge is 0.151 e. The van der Waals surface area contributed by atoms with E-state index in [-0.39, 0.29) is 5.75 Å². The first-order chi connectivity index (χ1) is 5.99. The molecule has 0 aliphatic heterocycles. The fourth-order valence-electron chi connectivity index (χ4n) is 0.987. The molecule has 70 valence electrons. The minimum atomic E-state index is -2.99. The average molecular weight is 197 g/mol. The fourth-order valence-corrected chi connectivity index (χ4v) is 1.79. The van der Waals surface area contributed by atoms with Gasteiger partial charge in [-0.05, 0) is 23.3 Å². The third-order valence-electron chi connectivity index (χ3n) is 1.52. The second-order valence-corrected chi connectivity index (χ2v) is 5.05. The van der Waals surface area contributed by atoms with Crippen LogP contribution in [-0.4, -0.2) is 25.4 Å². The fraction of sp³-hybridized carbons (Fsp3) is 0.222. The molecule has 0 radical (unpaired) electrons. The molecule has 0 N–H and O–H groups in total. The Morgan fingerprint density at radius 1 is 1.46 bits per heavy atom. The van der Waals surface area contributed by atoms with Gasteiger partial charge in [-0.25, -0.2) is 8.42 Å². The van der Waals surface area contributed by atoms with Crippen LogP contribution < -0.4 is 0 Å². The van der Waals surface area contributed by atoms with Crippen molar-refractivity contribution < 1.29 is 8.42 Å². The molecule has 1 rings (SSSR count). The van der Waals surface area contributed by atoms with E-state index < -0.39 is 9.84 Å². The van der Waals surface area contributed by atoms with Gasteiger partial charge in [0, 0.05) is 18.6 Å². The van der Waals surface area contributed by atoms with Crippen LogP contribution in [0, 0.1) is 0 Å². The zero-order valence-electron chi connectivity index (χ0n) is 7.40. The van der Waals surface area contributed by atoms with Crippen LogP contribution in [0.4, 0.5) is 0 Å². The van der Waals surface area contributed by atoms with E-state index in [1.54, 1.807) is 24.5 Å². The Morgan fingerprint density at radius 2 is 2.00 bits per heavy atom. The Hall–Kier alpha value is -1.16. The molecule has 1 aromatic heterocycles. The van der Waals surface area contributed by atoms with Crippen LogP contribution in [-0.2, 0) is 9.84 Å². The highest BCUT2D eigenvalue weighted by molar-refractivity contribution is 7.91. The molecule has 1 heterocycles. The Morgan fingerprint density at radius 3 is 2.46 bits per heavy atom. The van der Waals surface area contributed by atoms with Crippen LogP contribution >= 0.6 is 0 Å². The van der Waals surface area contributed by atoms with Crippen molar-refractivity contribution in [1.29, 1.82) is 0 Å². The van der Waals surface area contributed by atoms with E-state index in [4.69, 9.17) is 0 Å². The van der Waals surface area contributed by atoms with Crippen LogP contribution in [0.1, 0.15) is 5.56 Å². The van der Waals surface area contributed by atoms with Gasteiger partial charge in [-0.15, -0.1) is 0 Å². The second-order valence-electron chi connectivity index (χ2n) is 2.91. The molecule has 0 saturated carbocycles. The van der Waals surface area contributed by atoms with Gasteiger partial charge in [0.05, 0.1) is 5.75 Å². The SMILES string of the molecule is C=C(CS(C)(=O)=O)c1ccncc1. The summed E-state index contributed by atoms with van der Waals surface area (Å²) in [5.74, 6) is -0.00296. The summed E-state index contributed by atoms with van der Waals surface area (Å²) >= 11 is 0. The third-order valence-corrected chi connectivity index (χ3v) is 2.40. The molecular weight excluding hydrogens is 186 g/mol. The zero-order valence-corrected chi connectivity index (χ0v) is 8.21. The second kappa shape index (κ2) is 3.70. The number of hydrogen-bond acceptors (Lipinski definition) is 3. The minimum absolute atomic E-state index is 0.00296. The Kier molecular flexibility index (Phi) is 2.83. The molecule has 3 nitrogen and oxygen atoms in total. The molecular formula is C9H11NO2S. The van der Waals surface area contributed by atoms with E-state index in [0.29, 0.717) is 5.57 Å². The Bertz CT molecular complexity index is 395. The van der Waals surface area contributed by atoms with Crippen molar-refractivity contribution in [2.45, 2.75) is 0 Å². The summed E-state index contributed by atoms with van der Waals surface area (Å²) in [7, 11) is -2.99. The lowest BCUT2D eigenvalue weighted by Gasteiger charge is -2.02. The van der Waals surface area contributed by atoms with E-state index in [0.717, 1.165) is 5.56 Å². The van der Waals surface area contributed by atoms with Crippen molar-refractivity contribution in [1.82, 2.24) is 4.98 Å².